The molecule has 3 aliphatic carbocycles. The van der Waals surface area contributed by atoms with E-state index < -0.39 is 0 Å². The molecule has 3 aliphatic rings. The maximum absolute atomic E-state index is 4.94. The molecular weight excluding hydrogens is 280 g/mol. The molecule has 0 saturated heterocycles. The molecule has 2 heterocycles. The highest BCUT2D eigenvalue weighted by molar-refractivity contribution is 6.06. The van der Waals surface area contributed by atoms with Crippen molar-refractivity contribution in [3.05, 3.63) is 47.3 Å². The molecule has 2 fully saturated rings. The second-order valence-corrected chi connectivity index (χ2v) is 7.99. The van der Waals surface area contributed by atoms with Gasteiger partial charge in [-0.15, -0.1) is 0 Å². The van der Waals surface area contributed by atoms with Crippen LogP contribution in [0.25, 0.3) is 21.8 Å². The second kappa shape index (κ2) is 4.11. The number of hydrogen-bond donors (Lipinski definition) is 0. The van der Waals surface area contributed by atoms with Crippen LogP contribution >= 0.6 is 0 Å². The molecule has 3 bridgehead atoms. The fraction of sp³-hybridized carbons (Fsp3) is 0.429. The van der Waals surface area contributed by atoms with E-state index >= 15 is 0 Å². The largest absolute Gasteiger partial charge is 0.256 e. The maximum atomic E-state index is 4.94. The minimum atomic E-state index is 0.770. The van der Waals surface area contributed by atoms with E-state index in [9.17, 15) is 0 Å². The average molecular weight is 300 g/mol. The molecule has 2 saturated carbocycles. The van der Waals surface area contributed by atoms with Gasteiger partial charge in [-0.05, 0) is 91.2 Å². The standard InChI is InChI=1S/C21H20N2/c1-11-5-17-19-14-7-12-6-13(9-14)16(8-12)18(19)10-23-21(17)15-3-2-4-22-20(11)15/h2-5,10,12-14,16H,6-9H2,1H3. The van der Waals surface area contributed by atoms with E-state index in [0.29, 0.717) is 0 Å². The van der Waals surface area contributed by atoms with Crippen LogP contribution < -0.4 is 0 Å². The number of aryl methyl sites for hydroxylation is 1. The van der Waals surface area contributed by atoms with Gasteiger partial charge < -0.3 is 0 Å². The van der Waals surface area contributed by atoms with Crippen LogP contribution in [0, 0.1) is 18.8 Å². The number of hydrogen-bond acceptors (Lipinski definition) is 2. The van der Waals surface area contributed by atoms with Gasteiger partial charge in [0.1, 0.15) is 0 Å². The maximum Gasteiger partial charge on any atom is 0.0799 e. The van der Waals surface area contributed by atoms with Crippen LogP contribution in [0.15, 0.2) is 30.6 Å². The first kappa shape index (κ1) is 12.5. The summed E-state index contributed by atoms with van der Waals surface area (Å²) in [5.41, 5.74) is 6.79. The Bertz CT molecular complexity index is 972. The van der Waals surface area contributed by atoms with Crippen LogP contribution in [0.1, 0.15) is 54.2 Å². The molecule has 4 atom stereocenters. The van der Waals surface area contributed by atoms with Gasteiger partial charge in [0.15, 0.2) is 0 Å². The third kappa shape index (κ3) is 1.50. The zero-order valence-corrected chi connectivity index (χ0v) is 13.4. The van der Waals surface area contributed by atoms with E-state index in [0.717, 1.165) is 29.2 Å². The Morgan fingerprint density at radius 1 is 1.00 bits per heavy atom. The van der Waals surface area contributed by atoms with Gasteiger partial charge in [-0.2, -0.15) is 0 Å². The van der Waals surface area contributed by atoms with Gasteiger partial charge in [-0.25, -0.2) is 0 Å². The minimum absolute atomic E-state index is 0.770. The van der Waals surface area contributed by atoms with Crippen molar-refractivity contribution in [2.24, 2.45) is 11.8 Å². The first-order chi connectivity index (χ1) is 11.3. The van der Waals surface area contributed by atoms with Crippen LogP contribution in [0.3, 0.4) is 0 Å². The summed E-state index contributed by atoms with van der Waals surface area (Å²) in [5.74, 6) is 3.46. The molecule has 0 amide bonds. The van der Waals surface area contributed by atoms with E-state index in [-0.39, 0.29) is 0 Å². The molecular formula is C21H20N2. The van der Waals surface area contributed by atoms with Crippen LogP contribution in [0.2, 0.25) is 0 Å². The summed E-state index contributed by atoms with van der Waals surface area (Å²) in [6, 6.07) is 6.59. The number of benzene rings is 1. The lowest BCUT2D eigenvalue weighted by Gasteiger charge is -2.36. The van der Waals surface area contributed by atoms with E-state index in [2.05, 4.69) is 30.2 Å². The van der Waals surface area contributed by atoms with Gasteiger partial charge in [0, 0.05) is 23.2 Å². The first-order valence-corrected chi connectivity index (χ1v) is 8.96. The molecule has 114 valence electrons. The molecule has 4 unspecified atom stereocenters. The molecule has 2 heteroatoms. The third-order valence-electron chi connectivity index (χ3n) is 6.79. The van der Waals surface area contributed by atoms with E-state index in [1.54, 1.807) is 11.1 Å². The van der Waals surface area contributed by atoms with Crippen molar-refractivity contribution in [1.82, 2.24) is 9.97 Å². The summed E-state index contributed by atoms with van der Waals surface area (Å²) in [5, 5.41) is 2.63. The Morgan fingerprint density at radius 2 is 1.96 bits per heavy atom. The predicted octanol–water partition coefficient (Wildman–Crippen LogP) is 5.09. The Labute approximate surface area is 136 Å². The molecule has 0 aliphatic heterocycles. The normalized spacial score (nSPS) is 31.0. The Morgan fingerprint density at radius 3 is 2.91 bits per heavy atom. The van der Waals surface area contributed by atoms with Crippen LogP contribution in [-0.2, 0) is 0 Å². The van der Waals surface area contributed by atoms with Gasteiger partial charge in [0.2, 0.25) is 0 Å². The number of fused-ring (bicyclic) bond motifs is 9. The van der Waals surface area contributed by atoms with Gasteiger partial charge in [0.05, 0.1) is 11.0 Å². The Kier molecular flexibility index (Phi) is 2.23. The number of aromatic nitrogens is 2. The lowest BCUT2D eigenvalue weighted by molar-refractivity contribution is 0.298. The number of nitrogens with zero attached hydrogens (tertiary/aromatic N) is 2. The zero-order chi connectivity index (χ0) is 15.1. The minimum Gasteiger partial charge on any atom is -0.256 e. The van der Waals surface area contributed by atoms with E-state index in [4.69, 9.17) is 4.98 Å². The van der Waals surface area contributed by atoms with Crippen LogP contribution in [0.4, 0.5) is 0 Å². The van der Waals surface area contributed by atoms with Crippen molar-refractivity contribution in [2.45, 2.75) is 44.4 Å². The van der Waals surface area contributed by atoms with E-state index in [1.165, 1.54) is 47.5 Å². The monoisotopic (exact) mass is 300 g/mol. The summed E-state index contributed by atoms with van der Waals surface area (Å²) in [6.07, 6.45) is 9.81. The zero-order valence-electron chi connectivity index (χ0n) is 13.4. The Hall–Kier alpha value is -1.96. The van der Waals surface area contributed by atoms with Crippen LogP contribution in [0.5, 0.6) is 0 Å². The average Bonchev–Trinajstić information content (AvgIpc) is 2.81. The third-order valence-corrected chi connectivity index (χ3v) is 6.79. The fourth-order valence-corrected chi connectivity index (χ4v) is 6.04. The summed E-state index contributed by atoms with van der Waals surface area (Å²) in [4.78, 5) is 9.53. The van der Waals surface area contributed by atoms with Gasteiger partial charge in [-0.1, -0.05) is 0 Å². The molecule has 3 aromatic rings. The van der Waals surface area contributed by atoms with Crippen molar-refractivity contribution < 1.29 is 0 Å². The van der Waals surface area contributed by atoms with Gasteiger partial charge in [0.25, 0.3) is 0 Å². The number of pyridine rings is 2. The first-order valence-electron chi connectivity index (χ1n) is 8.96. The lowest BCUT2D eigenvalue weighted by Crippen LogP contribution is -2.23. The molecule has 0 N–H and O–H groups in total. The highest BCUT2D eigenvalue weighted by Gasteiger charge is 2.47. The smallest absolute Gasteiger partial charge is 0.0799 e. The molecule has 2 aromatic heterocycles. The topological polar surface area (TPSA) is 25.8 Å². The molecule has 0 spiro atoms. The molecule has 2 nitrogen and oxygen atoms in total. The highest BCUT2D eigenvalue weighted by atomic mass is 14.7. The molecule has 0 radical (unpaired) electrons. The SMILES string of the molecule is Cc1cc2c3c(cnc2c2cccnc12)C1CC2CC3CC1C2. The van der Waals surface area contributed by atoms with Crippen molar-refractivity contribution >= 4 is 21.8 Å². The Balaban J connectivity index is 1.75. The van der Waals surface area contributed by atoms with Crippen molar-refractivity contribution in [1.29, 1.82) is 0 Å². The van der Waals surface area contributed by atoms with Gasteiger partial charge >= 0.3 is 0 Å². The van der Waals surface area contributed by atoms with Gasteiger partial charge in [-0.3, -0.25) is 9.97 Å². The fourth-order valence-electron chi connectivity index (χ4n) is 6.04. The number of rotatable bonds is 0. The lowest BCUT2D eigenvalue weighted by atomic mass is 9.68. The summed E-state index contributed by atoms with van der Waals surface area (Å²) in [6.45, 7) is 2.20. The molecule has 23 heavy (non-hydrogen) atoms. The summed E-state index contributed by atoms with van der Waals surface area (Å²) in [7, 11) is 0. The summed E-state index contributed by atoms with van der Waals surface area (Å²) >= 11 is 0. The molecule has 1 aromatic carbocycles. The highest BCUT2D eigenvalue weighted by Crippen LogP contribution is 2.61. The van der Waals surface area contributed by atoms with Crippen LogP contribution in [-0.4, -0.2) is 9.97 Å². The van der Waals surface area contributed by atoms with E-state index in [1.807, 2.05) is 12.3 Å². The second-order valence-electron chi connectivity index (χ2n) is 7.99. The quantitative estimate of drug-likeness (QED) is 0.540. The van der Waals surface area contributed by atoms with Crippen molar-refractivity contribution in [3.63, 3.8) is 0 Å². The van der Waals surface area contributed by atoms with Crippen molar-refractivity contribution in [3.8, 4) is 0 Å². The van der Waals surface area contributed by atoms with Crippen molar-refractivity contribution in [2.75, 3.05) is 0 Å². The molecule has 6 rings (SSSR count). The predicted molar refractivity (Wildman–Crippen MR) is 92.7 cm³/mol. The summed E-state index contributed by atoms with van der Waals surface area (Å²) < 4.78 is 0.